The molecule has 0 aliphatic carbocycles. The molecule has 6 heteroatoms. The first-order valence-electron chi connectivity index (χ1n) is 7.01. The van der Waals surface area contributed by atoms with Gasteiger partial charge in [-0.1, -0.05) is 12.8 Å². The van der Waals surface area contributed by atoms with Crippen molar-refractivity contribution in [3.8, 4) is 0 Å². The zero-order valence-electron chi connectivity index (χ0n) is 12.1. The zero-order chi connectivity index (χ0) is 13.9. The molecule has 1 aromatic heterocycles. The molecule has 6 nitrogen and oxygen atoms in total. The van der Waals surface area contributed by atoms with E-state index in [1.807, 2.05) is 13.8 Å². The summed E-state index contributed by atoms with van der Waals surface area (Å²) in [5, 5.41) is 11.7. The molecule has 0 saturated carbocycles. The highest BCUT2D eigenvalue weighted by Crippen LogP contribution is 2.22. The third-order valence-electron chi connectivity index (χ3n) is 3.95. The van der Waals surface area contributed by atoms with Gasteiger partial charge in [-0.05, 0) is 45.0 Å². The summed E-state index contributed by atoms with van der Waals surface area (Å²) in [6.07, 6.45) is 5.16. The Morgan fingerprint density at radius 2 is 1.84 bits per heavy atom. The molecule has 1 aliphatic rings. The van der Waals surface area contributed by atoms with Gasteiger partial charge in [-0.15, -0.1) is 10.2 Å². The van der Waals surface area contributed by atoms with Gasteiger partial charge in [-0.3, -0.25) is 9.69 Å². The Hall–Kier alpha value is -1.30. The van der Waals surface area contributed by atoms with Crippen LogP contribution < -0.4 is 0 Å². The maximum Gasteiger partial charge on any atom is 0.182 e. The number of nitrogens with zero attached hydrogens (tertiary/aromatic N) is 5. The number of likely N-dealkylation sites (tertiary alicyclic amines) is 1. The highest BCUT2D eigenvalue weighted by molar-refractivity contribution is 5.88. The minimum atomic E-state index is -0.441. The van der Waals surface area contributed by atoms with E-state index in [4.69, 9.17) is 0 Å². The van der Waals surface area contributed by atoms with Gasteiger partial charge in [-0.25, -0.2) is 0 Å². The first kappa shape index (κ1) is 14.1. The van der Waals surface area contributed by atoms with E-state index in [0.29, 0.717) is 5.82 Å². The first-order valence-corrected chi connectivity index (χ1v) is 7.01. The number of carbonyl (C=O) groups excluding carboxylic acids is 1. The van der Waals surface area contributed by atoms with Crippen molar-refractivity contribution < 1.29 is 4.79 Å². The predicted octanol–water partition coefficient (Wildman–Crippen LogP) is 0.976. The molecule has 2 rings (SSSR count). The summed E-state index contributed by atoms with van der Waals surface area (Å²) in [6.45, 7) is 6.04. The SMILES string of the molecule is Cn1nnc(CC(=O)C(C)(C)N2CCCCCC2)n1. The molecular weight excluding hydrogens is 242 g/mol. The first-order chi connectivity index (χ1) is 9.00. The normalized spacial score (nSPS) is 18.3. The van der Waals surface area contributed by atoms with Gasteiger partial charge in [0.2, 0.25) is 0 Å². The van der Waals surface area contributed by atoms with Crippen molar-refractivity contribution in [3.63, 3.8) is 0 Å². The molecule has 1 fully saturated rings. The van der Waals surface area contributed by atoms with Gasteiger partial charge in [0, 0.05) is 0 Å². The average molecular weight is 265 g/mol. The molecule has 2 heterocycles. The number of rotatable bonds is 4. The van der Waals surface area contributed by atoms with E-state index in [1.165, 1.54) is 30.5 Å². The Morgan fingerprint density at radius 1 is 1.21 bits per heavy atom. The fourth-order valence-corrected chi connectivity index (χ4v) is 2.56. The van der Waals surface area contributed by atoms with Crippen molar-refractivity contribution in [2.75, 3.05) is 13.1 Å². The van der Waals surface area contributed by atoms with Crippen LogP contribution in [0.15, 0.2) is 0 Å². The maximum atomic E-state index is 12.5. The van der Waals surface area contributed by atoms with Crippen LogP contribution in [0.2, 0.25) is 0 Å². The number of aromatic nitrogens is 4. The second kappa shape index (κ2) is 5.77. The van der Waals surface area contributed by atoms with E-state index < -0.39 is 5.54 Å². The number of hydrogen-bond donors (Lipinski definition) is 0. The topological polar surface area (TPSA) is 63.9 Å². The van der Waals surface area contributed by atoms with Gasteiger partial charge in [0.1, 0.15) is 0 Å². The van der Waals surface area contributed by atoms with Crippen molar-refractivity contribution >= 4 is 5.78 Å². The van der Waals surface area contributed by atoms with Gasteiger partial charge in [-0.2, -0.15) is 4.80 Å². The van der Waals surface area contributed by atoms with Gasteiger partial charge in [0.05, 0.1) is 19.0 Å². The number of aryl methyl sites for hydroxylation is 1. The number of tetrazole rings is 1. The third kappa shape index (κ3) is 3.37. The van der Waals surface area contributed by atoms with Gasteiger partial charge >= 0.3 is 0 Å². The third-order valence-corrected chi connectivity index (χ3v) is 3.95. The molecule has 0 bridgehead atoms. The monoisotopic (exact) mass is 265 g/mol. The van der Waals surface area contributed by atoms with Crippen LogP contribution >= 0.6 is 0 Å². The molecule has 19 heavy (non-hydrogen) atoms. The molecule has 1 saturated heterocycles. The summed E-state index contributed by atoms with van der Waals surface area (Å²) in [7, 11) is 1.71. The number of carbonyl (C=O) groups is 1. The molecule has 0 aromatic carbocycles. The Bertz CT molecular complexity index is 432. The van der Waals surface area contributed by atoms with Gasteiger partial charge < -0.3 is 0 Å². The summed E-state index contributed by atoms with van der Waals surface area (Å²) < 4.78 is 0. The molecular formula is C13H23N5O. The summed E-state index contributed by atoms with van der Waals surface area (Å²) >= 11 is 0. The van der Waals surface area contributed by atoms with Gasteiger partial charge in [0.25, 0.3) is 0 Å². The average Bonchev–Trinajstić information content (AvgIpc) is 2.63. The molecule has 1 aliphatic heterocycles. The zero-order valence-corrected chi connectivity index (χ0v) is 12.1. The van der Waals surface area contributed by atoms with Crippen LogP contribution in [-0.2, 0) is 18.3 Å². The number of ketones is 1. The van der Waals surface area contributed by atoms with Crippen LogP contribution in [0.4, 0.5) is 0 Å². The lowest BCUT2D eigenvalue weighted by molar-refractivity contribution is -0.128. The highest BCUT2D eigenvalue weighted by Gasteiger charge is 2.34. The van der Waals surface area contributed by atoms with Crippen molar-refractivity contribution in [1.29, 1.82) is 0 Å². The van der Waals surface area contributed by atoms with Crippen LogP contribution in [0.25, 0.3) is 0 Å². The number of Topliss-reactive ketones (excluding diaryl/α,β-unsaturated/α-hetero) is 1. The van der Waals surface area contributed by atoms with Crippen LogP contribution in [0.1, 0.15) is 45.4 Å². The van der Waals surface area contributed by atoms with Crippen molar-refractivity contribution in [2.24, 2.45) is 7.05 Å². The lowest BCUT2D eigenvalue weighted by Gasteiger charge is -2.36. The van der Waals surface area contributed by atoms with E-state index in [9.17, 15) is 4.79 Å². The second-order valence-electron chi connectivity index (χ2n) is 5.76. The largest absolute Gasteiger partial charge is 0.297 e. The molecule has 0 spiro atoms. The summed E-state index contributed by atoms with van der Waals surface area (Å²) in [5.41, 5.74) is -0.441. The van der Waals surface area contributed by atoms with E-state index in [1.54, 1.807) is 7.05 Å². The van der Waals surface area contributed by atoms with Crippen LogP contribution in [0.3, 0.4) is 0 Å². The minimum absolute atomic E-state index is 0.169. The van der Waals surface area contributed by atoms with E-state index in [2.05, 4.69) is 20.3 Å². The highest BCUT2D eigenvalue weighted by atomic mass is 16.1. The molecule has 106 valence electrons. The Kier molecular flexibility index (Phi) is 4.29. The Balaban J connectivity index is 2.02. The fraction of sp³-hybridized carbons (Fsp3) is 0.846. The smallest absolute Gasteiger partial charge is 0.182 e. The summed E-state index contributed by atoms with van der Waals surface area (Å²) in [5.74, 6) is 0.679. The van der Waals surface area contributed by atoms with Gasteiger partial charge in [0.15, 0.2) is 11.6 Å². The molecule has 1 aromatic rings. The maximum absolute atomic E-state index is 12.5. The summed E-state index contributed by atoms with van der Waals surface area (Å²) in [4.78, 5) is 16.2. The Morgan fingerprint density at radius 3 is 2.37 bits per heavy atom. The Labute approximate surface area is 114 Å². The molecule has 0 unspecified atom stereocenters. The quantitative estimate of drug-likeness (QED) is 0.812. The summed E-state index contributed by atoms with van der Waals surface area (Å²) in [6, 6.07) is 0. The van der Waals surface area contributed by atoms with Crippen LogP contribution in [0, 0.1) is 0 Å². The molecule has 0 amide bonds. The lowest BCUT2D eigenvalue weighted by Crippen LogP contribution is -2.51. The standard InChI is InChI=1S/C13H23N5O/c1-13(2,18-8-6-4-5-7-9-18)11(19)10-12-14-16-17(3)15-12/h4-10H2,1-3H3. The van der Waals surface area contributed by atoms with Crippen LogP contribution in [0.5, 0.6) is 0 Å². The van der Waals surface area contributed by atoms with Crippen molar-refractivity contribution in [2.45, 2.75) is 51.5 Å². The van der Waals surface area contributed by atoms with Crippen molar-refractivity contribution in [1.82, 2.24) is 25.1 Å². The molecule has 0 N–H and O–H groups in total. The fourth-order valence-electron chi connectivity index (χ4n) is 2.56. The second-order valence-corrected chi connectivity index (χ2v) is 5.76. The molecule has 0 radical (unpaired) electrons. The van der Waals surface area contributed by atoms with Crippen molar-refractivity contribution in [3.05, 3.63) is 5.82 Å². The predicted molar refractivity (Wildman–Crippen MR) is 71.6 cm³/mol. The lowest BCUT2D eigenvalue weighted by atomic mass is 9.93. The van der Waals surface area contributed by atoms with E-state index in [0.717, 1.165) is 13.1 Å². The minimum Gasteiger partial charge on any atom is -0.297 e. The molecule has 0 atom stereocenters. The van der Waals surface area contributed by atoms with E-state index >= 15 is 0 Å². The number of hydrogen-bond acceptors (Lipinski definition) is 5. The van der Waals surface area contributed by atoms with E-state index in [-0.39, 0.29) is 12.2 Å². The van der Waals surface area contributed by atoms with Crippen LogP contribution in [-0.4, -0.2) is 49.5 Å².